The topological polar surface area (TPSA) is 199 Å². The number of rotatable bonds is 11. The van der Waals surface area contributed by atoms with Crippen LogP contribution >= 0.6 is 0 Å². The summed E-state index contributed by atoms with van der Waals surface area (Å²) in [6.45, 7) is 4.34. The molecule has 5 amide bonds. The van der Waals surface area contributed by atoms with Gasteiger partial charge >= 0.3 is 30.0 Å². The number of urea groups is 2. The Morgan fingerprint density at radius 1 is 1.13 bits per heavy atom. The first kappa shape index (κ1) is 30.0. The van der Waals surface area contributed by atoms with E-state index in [1.54, 1.807) is 6.92 Å². The van der Waals surface area contributed by atoms with Gasteiger partial charge in [-0.05, 0) is 20.3 Å². The molecule has 210 valence electrons. The molecule has 16 heteroatoms. The van der Waals surface area contributed by atoms with Gasteiger partial charge in [0.25, 0.3) is 11.6 Å². The van der Waals surface area contributed by atoms with Crippen molar-refractivity contribution in [2.75, 3.05) is 41.5 Å². The summed E-state index contributed by atoms with van der Waals surface area (Å²) < 4.78 is 21.2. The molecule has 0 aliphatic carbocycles. The third kappa shape index (κ3) is 4.98. The molecule has 1 fully saturated rings. The number of carbonyl (C=O) groups is 6. The van der Waals surface area contributed by atoms with Gasteiger partial charge in [-0.3, -0.25) is 14.5 Å². The molecule has 16 nitrogen and oxygen atoms in total. The van der Waals surface area contributed by atoms with E-state index in [0.717, 1.165) is 19.1 Å². The third-order valence-electron chi connectivity index (χ3n) is 5.68. The zero-order valence-corrected chi connectivity index (χ0v) is 22.2. The van der Waals surface area contributed by atoms with Crippen LogP contribution in [0.2, 0.25) is 0 Å². The first-order valence-electron chi connectivity index (χ1n) is 11.6. The van der Waals surface area contributed by atoms with Crippen LogP contribution in [0.3, 0.4) is 0 Å². The molecule has 38 heavy (non-hydrogen) atoms. The molecular weight excluding hydrogens is 508 g/mol. The minimum Gasteiger partial charge on any atom is -0.467 e. The lowest BCUT2D eigenvalue weighted by Gasteiger charge is -2.36. The standard InChI is InChI=1S/C22H32N6O10/c1-8-11(24-25-20(23)33)14(18(31)35-7)38-22-13(17(30)37-10-3)12(16(29)36-9-2)15(26(4)5)28(22)21(34)27(6)19(22)32/h13-14H,8-10H2,1-7H3,(H3,23,25,33)/b24-11+. The van der Waals surface area contributed by atoms with Crippen LogP contribution in [0.15, 0.2) is 16.5 Å². The van der Waals surface area contributed by atoms with Crippen LogP contribution in [-0.2, 0) is 38.1 Å². The molecule has 2 aliphatic rings. The Labute approximate surface area is 218 Å². The Kier molecular flexibility index (Phi) is 9.39. The molecule has 1 saturated heterocycles. The number of ether oxygens (including phenoxy) is 4. The Morgan fingerprint density at radius 2 is 1.74 bits per heavy atom. The number of nitrogens with two attached hydrogens (primary N) is 1. The van der Waals surface area contributed by atoms with Crippen LogP contribution in [0, 0.1) is 5.92 Å². The van der Waals surface area contributed by atoms with Gasteiger partial charge in [-0.2, -0.15) is 5.10 Å². The number of esters is 3. The average Bonchev–Trinajstić information content (AvgIpc) is 3.27. The average molecular weight is 541 g/mol. The maximum atomic E-state index is 13.8. The van der Waals surface area contributed by atoms with E-state index >= 15 is 0 Å². The number of primary amides is 1. The number of likely N-dealkylation sites (N-methyl/N-ethyl adjacent to an activating group) is 1. The van der Waals surface area contributed by atoms with E-state index in [9.17, 15) is 28.8 Å². The van der Waals surface area contributed by atoms with Crippen LogP contribution in [0.5, 0.6) is 0 Å². The number of hydrogen-bond acceptors (Lipinski definition) is 12. The molecule has 0 radical (unpaired) electrons. The first-order chi connectivity index (χ1) is 17.8. The van der Waals surface area contributed by atoms with Gasteiger partial charge < -0.3 is 29.6 Å². The Morgan fingerprint density at radius 3 is 2.21 bits per heavy atom. The summed E-state index contributed by atoms with van der Waals surface area (Å²) in [6, 6.07) is -2.02. The highest BCUT2D eigenvalue weighted by molar-refractivity contribution is 6.14. The van der Waals surface area contributed by atoms with Crippen molar-refractivity contribution in [3.05, 3.63) is 11.4 Å². The summed E-state index contributed by atoms with van der Waals surface area (Å²) in [7, 11) is 5.11. The second-order valence-electron chi connectivity index (χ2n) is 8.17. The number of fused-ring (bicyclic) bond motifs is 1. The van der Waals surface area contributed by atoms with Gasteiger partial charge in [0.1, 0.15) is 5.82 Å². The second kappa shape index (κ2) is 11.9. The van der Waals surface area contributed by atoms with E-state index in [1.807, 2.05) is 5.43 Å². The Hall–Kier alpha value is -4.21. The van der Waals surface area contributed by atoms with E-state index in [-0.39, 0.29) is 36.7 Å². The van der Waals surface area contributed by atoms with E-state index < -0.39 is 53.6 Å². The van der Waals surface area contributed by atoms with Crippen LogP contribution in [-0.4, -0.2) is 110 Å². The minimum atomic E-state index is -2.62. The highest BCUT2D eigenvalue weighted by atomic mass is 16.6. The van der Waals surface area contributed by atoms with Gasteiger partial charge in [-0.25, -0.2) is 29.5 Å². The zero-order chi connectivity index (χ0) is 28.9. The number of methoxy groups -OCH3 is 1. The zero-order valence-electron chi connectivity index (χ0n) is 22.2. The Balaban J connectivity index is 2.93. The summed E-state index contributed by atoms with van der Waals surface area (Å²) >= 11 is 0. The van der Waals surface area contributed by atoms with Gasteiger partial charge in [0.2, 0.25) is 0 Å². The quantitative estimate of drug-likeness (QED) is 0.108. The molecule has 2 aliphatic heterocycles. The van der Waals surface area contributed by atoms with Crippen LogP contribution in [0.1, 0.15) is 27.2 Å². The van der Waals surface area contributed by atoms with Gasteiger partial charge in [0, 0.05) is 21.1 Å². The van der Waals surface area contributed by atoms with Crippen molar-refractivity contribution < 1.29 is 47.7 Å². The summed E-state index contributed by atoms with van der Waals surface area (Å²) in [5.74, 6) is -6.33. The second-order valence-corrected chi connectivity index (χ2v) is 8.17. The molecule has 0 bridgehead atoms. The molecule has 3 unspecified atom stereocenters. The molecule has 2 rings (SSSR count). The maximum Gasteiger partial charge on any atom is 0.341 e. The van der Waals surface area contributed by atoms with Gasteiger partial charge in [-0.1, -0.05) is 6.92 Å². The minimum absolute atomic E-state index is 0.0309. The number of imide groups is 1. The fraction of sp³-hybridized carbons (Fsp3) is 0.591. The van der Waals surface area contributed by atoms with E-state index in [1.165, 1.54) is 32.8 Å². The molecule has 2 heterocycles. The molecule has 0 aromatic rings. The molecule has 0 saturated carbocycles. The van der Waals surface area contributed by atoms with Crippen molar-refractivity contribution in [2.45, 2.75) is 39.0 Å². The number of amides is 5. The predicted molar refractivity (Wildman–Crippen MR) is 128 cm³/mol. The maximum absolute atomic E-state index is 13.8. The summed E-state index contributed by atoms with van der Waals surface area (Å²) in [6.07, 6.45) is -1.87. The van der Waals surface area contributed by atoms with E-state index in [4.69, 9.17) is 24.7 Å². The van der Waals surface area contributed by atoms with Crippen molar-refractivity contribution >= 4 is 41.6 Å². The SMILES string of the molecule is CCOC(=O)C1=C(N(C)C)N2C(=O)N(C)C(=O)C2(OC(C(=O)OC)/C(CC)=N/NC(N)=O)C1C(=O)OCC. The first-order valence-corrected chi connectivity index (χ1v) is 11.6. The highest BCUT2D eigenvalue weighted by Crippen LogP contribution is 2.50. The Bertz CT molecular complexity index is 1090. The van der Waals surface area contributed by atoms with Crippen molar-refractivity contribution in [3.8, 4) is 0 Å². The predicted octanol–water partition coefficient (Wildman–Crippen LogP) is -0.902. The van der Waals surface area contributed by atoms with E-state index in [0.29, 0.717) is 4.90 Å². The van der Waals surface area contributed by atoms with Crippen molar-refractivity contribution in [2.24, 2.45) is 16.8 Å². The van der Waals surface area contributed by atoms with Gasteiger partial charge in [-0.15, -0.1) is 0 Å². The summed E-state index contributed by atoms with van der Waals surface area (Å²) in [4.78, 5) is 80.8. The van der Waals surface area contributed by atoms with Crippen molar-refractivity contribution in [3.63, 3.8) is 0 Å². The smallest absolute Gasteiger partial charge is 0.341 e. The lowest BCUT2D eigenvalue weighted by Crippen LogP contribution is -2.60. The number of hydrazone groups is 1. The number of hydrogen-bond donors (Lipinski definition) is 2. The number of nitrogens with one attached hydrogen (secondary N) is 1. The largest absolute Gasteiger partial charge is 0.467 e. The van der Waals surface area contributed by atoms with Crippen LogP contribution in [0.4, 0.5) is 9.59 Å². The van der Waals surface area contributed by atoms with Gasteiger partial charge in [0.05, 0.1) is 31.6 Å². The summed E-state index contributed by atoms with van der Waals surface area (Å²) in [5, 5.41) is 3.78. The molecule has 3 N–H and O–H groups in total. The van der Waals surface area contributed by atoms with Crippen LogP contribution < -0.4 is 11.2 Å². The molecule has 0 spiro atoms. The van der Waals surface area contributed by atoms with Crippen LogP contribution in [0.25, 0.3) is 0 Å². The molecular formula is C22H32N6O10. The highest BCUT2D eigenvalue weighted by Gasteiger charge is 2.73. The molecule has 0 aromatic heterocycles. The third-order valence-corrected chi connectivity index (χ3v) is 5.68. The fourth-order valence-electron chi connectivity index (χ4n) is 4.18. The van der Waals surface area contributed by atoms with E-state index in [2.05, 4.69) is 5.10 Å². The summed E-state index contributed by atoms with van der Waals surface area (Å²) in [5.41, 5.74) is 3.87. The lowest BCUT2D eigenvalue weighted by atomic mass is 9.89. The monoisotopic (exact) mass is 540 g/mol. The molecule has 3 atom stereocenters. The van der Waals surface area contributed by atoms with Crippen molar-refractivity contribution in [1.29, 1.82) is 0 Å². The normalized spacial score (nSPS) is 21.8. The van der Waals surface area contributed by atoms with Crippen molar-refractivity contribution in [1.82, 2.24) is 20.1 Å². The number of carbonyl (C=O) groups excluding carboxylic acids is 6. The number of nitrogens with zero attached hydrogens (tertiary/aromatic N) is 4. The lowest BCUT2D eigenvalue weighted by molar-refractivity contribution is -0.195. The van der Waals surface area contributed by atoms with Gasteiger partial charge in [0.15, 0.2) is 12.0 Å². The fourth-order valence-corrected chi connectivity index (χ4v) is 4.18. The molecule has 0 aromatic carbocycles.